The number of piperidine rings is 1. The second kappa shape index (κ2) is 12.6. The molecule has 0 saturated carbocycles. The first kappa shape index (κ1) is 23.3. The van der Waals surface area contributed by atoms with Gasteiger partial charge in [0.2, 0.25) is 0 Å². The van der Waals surface area contributed by atoms with E-state index in [-0.39, 0.29) is 6.10 Å². The Bertz CT molecular complexity index is 751. The Labute approximate surface area is 177 Å². The van der Waals surface area contributed by atoms with Gasteiger partial charge in [-0.25, -0.2) is 9.59 Å². The number of rotatable bonds is 7. The highest BCUT2D eigenvalue weighted by Crippen LogP contribution is 2.27. The first-order chi connectivity index (χ1) is 14.5. The molecule has 6 heteroatoms. The van der Waals surface area contributed by atoms with Gasteiger partial charge in [-0.05, 0) is 37.6 Å². The topological polar surface area (TPSA) is 87.1 Å². The van der Waals surface area contributed by atoms with Crippen molar-refractivity contribution in [1.82, 2.24) is 4.90 Å². The molecule has 1 aliphatic rings. The van der Waals surface area contributed by atoms with Gasteiger partial charge in [0.1, 0.15) is 6.10 Å². The van der Waals surface area contributed by atoms with Crippen LogP contribution in [0.3, 0.4) is 0 Å². The summed E-state index contributed by atoms with van der Waals surface area (Å²) in [5.41, 5.74) is 2.46. The molecule has 0 amide bonds. The summed E-state index contributed by atoms with van der Waals surface area (Å²) < 4.78 is 6.38. The Kier molecular flexibility index (Phi) is 9.77. The Balaban J connectivity index is 0.000000343. The molecular weight excluding hydrogens is 382 g/mol. The van der Waals surface area contributed by atoms with E-state index in [0.717, 1.165) is 6.61 Å². The van der Waals surface area contributed by atoms with Crippen LogP contribution in [0.2, 0.25) is 0 Å². The highest BCUT2D eigenvalue weighted by molar-refractivity contribution is 5.89. The van der Waals surface area contributed by atoms with Crippen LogP contribution in [-0.4, -0.2) is 53.3 Å². The first-order valence-corrected chi connectivity index (χ1v) is 10.0. The van der Waals surface area contributed by atoms with E-state index in [0.29, 0.717) is 18.2 Å². The van der Waals surface area contributed by atoms with Gasteiger partial charge in [0.15, 0.2) is 0 Å². The Morgan fingerprint density at radius 1 is 0.967 bits per heavy atom. The molecule has 2 N–H and O–H groups in total. The van der Waals surface area contributed by atoms with Crippen LogP contribution in [0, 0.1) is 0 Å². The van der Waals surface area contributed by atoms with Crippen LogP contribution in [0.5, 0.6) is 0 Å². The molecule has 1 fully saturated rings. The summed E-state index contributed by atoms with van der Waals surface area (Å²) in [6.07, 6.45) is 5.02. The van der Waals surface area contributed by atoms with Crippen molar-refractivity contribution in [1.29, 1.82) is 0 Å². The normalized spacial score (nSPS) is 16.8. The van der Waals surface area contributed by atoms with Crippen molar-refractivity contribution in [2.75, 3.05) is 20.2 Å². The van der Waals surface area contributed by atoms with Crippen LogP contribution in [-0.2, 0) is 14.3 Å². The zero-order valence-corrected chi connectivity index (χ0v) is 17.2. The molecule has 6 nitrogen and oxygen atoms in total. The van der Waals surface area contributed by atoms with Crippen LogP contribution < -0.4 is 0 Å². The van der Waals surface area contributed by atoms with Gasteiger partial charge in [0, 0.05) is 18.2 Å². The quantitative estimate of drug-likeness (QED) is 0.670. The number of hydrogen-bond acceptors (Lipinski definition) is 4. The average molecular weight is 411 g/mol. The lowest BCUT2D eigenvalue weighted by atomic mass is 10.0. The zero-order valence-electron chi connectivity index (χ0n) is 17.2. The number of benzene rings is 2. The van der Waals surface area contributed by atoms with Crippen LogP contribution in [0.4, 0.5) is 0 Å². The highest BCUT2D eigenvalue weighted by atomic mass is 16.5. The summed E-state index contributed by atoms with van der Waals surface area (Å²) in [4.78, 5) is 21.5. The zero-order chi connectivity index (χ0) is 21.8. The van der Waals surface area contributed by atoms with Crippen LogP contribution >= 0.6 is 0 Å². The van der Waals surface area contributed by atoms with Gasteiger partial charge in [-0.2, -0.15) is 0 Å². The Morgan fingerprint density at radius 2 is 1.47 bits per heavy atom. The number of carboxylic acids is 2. The predicted octanol–water partition coefficient (Wildman–Crippen LogP) is 3.99. The minimum Gasteiger partial charge on any atom is -0.478 e. The van der Waals surface area contributed by atoms with E-state index >= 15 is 0 Å². The fourth-order valence-corrected chi connectivity index (χ4v) is 3.35. The number of hydrogen-bond donors (Lipinski definition) is 2. The number of aliphatic carboxylic acids is 2. The van der Waals surface area contributed by atoms with E-state index in [1.807, 2.05) is 0 Å². The van der Waals surface area contributed by atoms with Crippen LogP contribution in [0.1, 0.15) is 36.5 Å². The maximum absolute atomic E-state index is 9.55. The molecule has 2 aromatic carbocycles. The molecule has 0 spiro atoms. The van der Waals surface area contributed by atoms with E-state index in [2.05, 4.69) is 72.6 Å². The first-order valence-electron chi connectivity index (χ1n) is 10.0. The molecule has 30 heavy (non-hydrogen) atoms. The highest BCUT2D eigenvalue weighted by Gasteiger charge is 2.22. The minimum absolute atomic E-state index is 0.0257. The van der Waals surface area contributed by atoms with Crippen LogP contribution in [0.25, 0.3) is 0 Å². The third-order valence-electron chi connectivity index (χ3n) is 4.95. The predicted molar refractivity (Wildman–Crippen MR) is 115 cm³/mol. The molecule has 1 unspecified atom stereocenters. The van der Waals surface area contributed by atoms with E-state index in [1.165, 1.54) is 36.9 Å². The molecule has 3 rings (SSSR count). The molecule has 2 aromatic rings. The molecule has 1 heterocycles. The van der Waals surface area contributed by atoms with Gasteiger partial charge in [0.05, 0.1) is 6.61 Å². The second-order valence-corrected chi connectivity index (χ2v) is 7.17. The molecule has 160 valence electrons. The lowest BCUT2D eigenvalue weighted by Crippen LogP contribution is -2.39. The summed E-state index contributed by atoms with van der Waals surface area (Å²) in [6, 6.07) is 21.6. The fraction of sp³-hybridized carbons (Fsp3) is 0.333. The largest absolute Gasteiger partial charge is 0.478 e. The number of carbonyl (C=O) groups is 2. The summed E-state index contributed by atoms with van der Waals surface area (Å²) in [6.45, 7) is 1.99. The van der Waals surface area contributed by atoms with Gasteiger partial charge in [-0.15, -0.1) is 0 Å². The average Bonchev–Trinajstić information content (AvgIpc) is 2.76. The lowest BCUT2D eigenvalue weighted by Gasteiger charge is -2.33. The molecule has 1 aliphatic heterocycles. The second-order valence-electron chi connectivity index (χ2n) is 7.17. The SMILES string of the molecule is CN1CCCCC1COC(c1ccccc1)c1ccccc1.O=C(O)C=CC(=O)O. The maximum atomic E-state index is 9.55. The van der Waals surface area contributed by atoms with Gasteiger partial charge >= 0.3 is 11.9 Å². The third-order valence-corrected chi connectivity index (χ3v) is 4.95. The van der Waals surface area contributed by atoms with E-state index in [9.17, 15) is 9.59 Å². The van der Waals surface area contributed by atoms with E-state index in [4.69, 9.17) is 14.9 Å². The van der Waals surface area contributed by atoms with Gasteiger partial charge in [-0.3, -0.25) is 0 Å². The van der Waals surface area contributed by atoms with Crippen LogP contribution in [0.15, 0.2) is 72.8 Å². The minimum atomic E-state index is -1.26. The molecule has 1 saturated heterocycles. The maximum Gasteiger partial charge on any atom is 0.328 e. The van der Waals surface area contributed by atoms with Crippen molar-refractivity contribution in [3.8, 4) is 0 Å². The Morgan fingerprint density at radius 3 is 1.90 bits per heavy atom. The Hall–Kier alpha value is -2.96. The lowest BCUT2D eigenvalue weighted by molar-refractivity contribution is -0.134. The van der Waals surface area contributed by atoms with Gasteiger partial charge < -0.3 is 19.8 Å². The van der Waals surface area contributed by atoms with Crippen molar-refractivity contribution >= 4 is 11.9 Å². The van der Waals surface area contributed by atoms with Gasteiger partial charge in [-0.1, -0.05) is 67.1 Å². The molecule has 1 atom stereocenters. The standard InChI is InChI=1S/C20H25NO.C4H4O4/c1-21-15-9-8-14-19(21)16-22-20(17-10-4-2-5-11-17)18-12-6-3-7-13-18;5-3(6)1-2-4(7)8/h2-7,10-13,19-20H,8-9,14-16H2,1H3;1-2H,(H,5,6)(H,7,8). The third kappa shape index (κ3) is 8.19. The van der Waals surface area contributed by atoms with Gasteiger partial charge in [0.25, 0.3) is 0 Å². The monoisotopic (exact) mass is 411 g/mol. The van der Waals surface area contributed by atoms with Crippen molar-refractivity contribution in [2.24, 2.45) is 0 Å². The smallest absolute Gasteiger partial charge is 0.328 e. The fourth-order valence-electron chi connectivity index (χ4n) is 3.35. The molecule has 0 aliphatic carbocycles. The number of nitrogens with zero attached hydrogens (tertiary/aromatic N) is 1. The molecule has 0 bridgehead atoms. The summed E-state index contributed by atoms with van der Waals surface area (Å²) in [5, 5.41) is 15.6. The molecule has 0 aromatic heterocycles. The number of carboxylic acid groups (broad SMARTS) is 2. The summed E-state index contributed by atoms with van der Waals surface area (Å²) >= 11 is 0. The van der Waals surface area contributed by atoms with Crippen molar-refractivity contribution in [3.63, 3.8) is 0 Å². The molecule has 0 radical (unpaired) electrons. The number of likely N-dealkylation sites (N-methyl/N-ethyl adjacent to an activating group) is 1. The summed E-state index contributed by atoms with van der Waals surface area (Å²) in [7, 11) is 2.22. The number of likely N-dealkylation sites (tertiary alicyclic amines) is 1. The summed E-state index contributed by atoms with van der Waals surface area (Å²) in [5.74, 6) is -2.51. The molecular formula is C24H29NO5. The van der Waals surface area contributed by atoms with Crippen molar-refractivity contribution in [3.05, 3.63) is 83.9 Å². The van der Waals surface area contributed by atoms with Crippen molar-refractivity contribution < 1.29 is 24.5 Å². The van der Waals surface area contributed by atoms with E-state index < -0.39 is 11.9 Å². The number of ether oxygens (including phenoxy) is 1. The van der Waals surface area contributed by atoms with E-state index in [1.54, 1.807) is 0 Å². The van der Waals surface area contributed by atoms with Crippen molar-refractivity contribution in [2.45, 2.75) is 31.4 Å².